The van der Waals surface area contributed by atoms with Crippen LogP contribution in [0.5, 0.6) is 5.75 Å². The molecule has 5 nitrogen and oxygen atoms in total. The molecule has 0 saturated heterocycles. The van der Waals surface area contributed by atoms with Crippen LogP contribution >= 0.6 is 0 Å². The maximum absolute atomic E-state index is 11.4. The minimum absolute atomic E-state index is 0.184. The molecular formula is C25H28N2O3. The minimum Gasteiger partial charge on any atom is -0.496 e. The molecule has 1 unspecified atom stereocenters. The Balaban J connectivity index is 1.33. The zero-order valence-electron chi connectivity index (χ0n) is 17.3. The van der Waals surface area contributed by atoms with Crippen LogP contribution in [-0.4, -0.2) is 35.8 Å². The summed E-state index contributed by atoms with van der Waals surface area (Å²) >= 11 is 0. The van der Waals surface area contributed by atoms with E-state index in [1.54, 1.807) is 6.07 Å². The molecule has 30 heavy (non-hydrogen) atoms. The fourth-order valence-electron chi connectivity index (χ4n) is 4.32. The highest BCUT2D eigenvalue weighted by atomic mass is 16.5. The molecule has 0 aliphatic carbocycles. The number of nitrogens with one attached hydrogen (secondary N) is 2. The van der Waals surface area contributed by atoms with Crippen molar-refractivity contribution in [1.29, 1.82) is 0 Å². The predicted octanol–water partition coefficient (Wildman–Crippen LogP) is 5.03. The summed E-state index contributed by atoms with van der Waals surface area (Å²) in [7, 11) is 1.51. The first-order chi connectivity index (χ1) is 14.7. The van der Waals surface area contributed by atoms with Gasteiger partial charge in [0.2, 0.25) is 0 Å². The number of carboxylic acid groups (broad SMARTS) is 1. The summed E-state index contributed by atoms with van der Waals surface area (Å²) in [6.45, 7) is 0.934. The molecule has 3 aromatic rings. The zero-order chi connectivity index (χ0) is 20.9. The number of unbranched alkanes of at least 4 members (excludes halogenated alkanes) is 1. The molecule has 0 saturated carbocycles. The third-order valence-corrected chi connectivity index (χ3v) is 5.93. The van der Waals surface area contributed by atoms with Crippen LogP contribution in [0.3, 0.4) is 0 Å². The van der Waals surface area contributed by atoms with E-state index < -0.39 is 5.97 Å². The first-order valence-corrected chi connectivity index (χ1v) is 10.5. The second-order valence-electron chi connectivity index (χ2n) is 7.87. The molecule has 0 radical (unpaired) electrons. The number of aromatic carboxylic acids is 1. The van der Waals surface area contributed by atoms with Crippen LogP contribution in [0.25, 0.3) is 16.5 Å². The van der Waals surface area contributed by atoms with Crippen molar-refractivity contribution in [3.05, 3.63) is 71.4 Å². The number of aromatic nitrogens is 1. The van der Waals surface area contributed by atoms with Crippen molar-refractivity contribution in [2.75, 3.05) is 13.7 Å². The number of aromatic amines is 1. The highest BCUT2D eigenvalue weighted by Crippen LogP contribution is 2.29. The van der Waals surface area contributed by atoms with Crippen LogP contribution in [-0.2, 0) is 6.42 Å². The topological polar surface area (TPSA) is 74.3 Å². The number of carboxylic acids is 1. The van der Waals surface area contributed by atoms with E-state index in [0.717, 1.165) is 49.6 Å². The molecule has 5 heteroatoms. The number of ether oxygens (including phenoxy) is 1. The molecule has 3 N–H and O–H groups in total. The minimum atomic E-state index is -0.978. The Labute approximate surface area is 176 Å². The number of methoxy groups -OCH3 is 1. The van der Waals surface area contributed by atoms with E-state index in [4.69, 9.17) is 4.74 Å². The van der Waals surface area contributed by atoms with Gasteiger partial charge < -0.3 is 20.1 Å². The van der Waals surface area contributed by atoms with E-state index in [-0.39, 0.29) is 5.56 Å². The van der Waals surface area contributed by atoms with Crippen molar-refractivity contribution in [2.45, 2.75) is 38.1 Å². The second-order valence-corrected chi connectivity index (χ2v) is 7.87. The maximum atomic E-state index is 11.4. The Morgan fingerprint density at radius 1 is 1.20 bits per heavy atom. The number of benzene rings is 2. The van der Waals surface area contributed by atoms with Crippen molar-refractivity contribution >= 4 is 22.4 Å². The summed E-state index contributed by atoms with van der Waals surface area (Å²) in [5.41, 5.74) is 5.01. The third kappa shape index (κ3) is 4.41. The molecule has 156 valence electrons. The maximum Gasteiger partial charge on any atom is 0.339 e. The lowest BCUT2D eigenvalue weighted by atomic mass is 9.92. The fourth-order valence-corrected chi connectivity index (χ4v) is 4.32. The number of carbonyl (C=O) groups is 1. The van der Waals surface area contributed by atoms with Crippen LogP contribution in [0.15, 0.2) is 54.7 Å². The summed E-state index contributed by atoms with van der Waals surface area (Å²) in [5, 5.41) is 14.0. The second kappa shape index (κ2) is 9.18. The number of rotatable bonds is 8. The zero-order valence-corrected chi connectivity index (χ0v) is 17.3. The molecule has 2 heterocycles. The monoisotopic (exact) mass is 404 g/mol. The van der Waals surface area contributed by atoms with E-state index in [1.807, 2.05) is 12.3 Å². The normalized spacial score (nSPS) is 16.4. The molecule has 1 aliphatic rings. The van der Waals surface area contributed by atoms with Gasteiger partial charge in [-0.25, -0.2) is 4.79 Å². The average molecular weight is 405 g/mol. The Kier molecular flexibility index (Phi) is 6.19. The lowest BCUT2D eigenvalue weighted by Gasteiger charge is -2.24. The molecule has 0 bridgehead atoms. The smallest absolute Gasteiger partial charge is 0.339 e. The van der Waals surface area contributed by atoms with Crippen molar-refractivity contribution in [2.24, 2.45) is 0 Å². The van der Waals surface area contributed by atoms with E-state index in [0.29, 0.717) is 11.8 Å². The van der Waals surface area contributed by atoms with Crippen molar-refractivity contribution in [3.63, 3.8) is 0 Å². The summed E-state index contributed by atoms with van der Waals surface area (Å²) in [6.07, 6.45) is 9.73. The Morgan fingerprint density at radius 2 is 2.03 bits per heavy atom. The van der Waals surface area contributed by atoms with Crippen LogP contribution in [0.1, 0.15) is 47.2 Å². The number of aryl methyl sites for hydroxylation is 1. The number of fused-ring (bicyclic) bond motifs is 1. The van der Waals surface area contributed by atoms with Gasteiger partial charge in [-0.3, -0.25) is 0 Å². The van der Waals surface area contributed by atoms with Gasteiger partial charge in [0.15, 0.2) is 0 Å². The highest BCUT2D eigenvalue weighted by Gasteiger charge is 2.17. The van der Waals surface area contributed by atoms with Gasteiger partial charge in [-0.05, 0) is 54.5 Å². The van der Waals surface area contributed by atoms with Gasteiger partial charge in [-0.1, -0.05) is 42.8 Å². The van der Waals surface area contributed by atoms with Crippen molar-refractivity contribution < 1.29 is 14.6 Å². The fraction of sp³-hybridized carbons (Fsp3) is 0.320. The lowest BCUT2D eigenvalue weighted by molar-refractivity contribution is 0.0693. The predicted molar refractivity (Wildman–Crippen MR) is 120 cm³/mol. The van der Waals surface area contributed by atoms with Crippen LogP contribution in [0.4, 0.5) is 0 Å². The average Bonchev–Trinajstić information content (AvgIpc) is 3.18. The molecule has 0 fully saturated rings. The molecule has 1 atom stereocenters. The highest BCUT2D eigenvalue weighted by molar-refractivity contribution is 5.97. The van der Waals surface area contributed by atoms with Crippen LogP contribution in [0.2, 0.25) is 0 Å². The van der Waals surface area contributed by atoms with E-state index in [2.05, 4.69) is 46.7 Å². The van der Waals surface area contributed by atoms with E-state index in [9.17, 15) is 9.90 Å². The Hall–Kier alpha value is -3.05. The van der Waals surface area contributed by atoms with Crippen molar-refractivity contribution in [3.8, 4) is 5.75 Å². The molecule has 0 amide bonds. The molecule has 1 aromatic heterocycles. The van der Waals surface area contributed by atoms with Gasteiger partial charge in [0, 0.05) is 29.7 Å². The quantitative estimate of drug-likeness (QED) is 0.460. The van der Waals surface area contributed by atoms with Crippen LogP contribution < -0.4 is 10.1 Å². The van der Waals surface area contributed by atoms with Gasteiger partial charge in [-0.15, -0.1) is 0 Å². The molecular weight excluding hydrogens is 376 g/mol. The van der Waals surface area contributed by atoms with E-state index in [1.165, 1.54) is 23.8 Å². The largest absolute Gasteiger partial charge is 0.496 e. The van der Waals surface area contributed by atoms with Gasteiger partial charge in [0.05, 0.1) is 7.11 Å². The van der Waals surface area contributed by atoms with Crippen molar-refractivity contribution in [1.82, 2.24) is 10.3 Å². The Morgan fingerprint density at radius 3 is 2.80 bits per heavy atom. The first-order valence-electron chi connectivity index (χ1n) is 10.5. The number of H-pyrrole nitrogens is 1. The Bertz CT molecular complexity index is 1050. The lowest BCUT2D eigenvalue weighted by Crippen LogP contribution is -2.32. The molecule has 2 aromatic carbocycles. The molecule has 1 aliphatic heterocycles. The standard InChI is InChI=1S/C25H28N2O3/c1-30-24-15-21-19(16-27-23(21)14-22(24)25(28)29)9-5-6-10-20-13-18(11-12-26-20)17-7-3-2-4-8-17/h2-4,7-8,11,14-16,20,26-27H,5-6,9-10,12-13H2,1H3,(H,28,29). The first kappa shape index (κ1) is 20.2. The molecule has 0 spiro atoms. The van der Waals surface area contributed by atoms with Gasteiger partial charge in [0.1, 0.15) is 11.3 Å². The summed E-state index contributed by atoms with van der Waals surface area (Å²) in [6, 6.07) is 14.7. The number of hydrogen-bond acceptors (Lipinski definition) is 3. The summed E-state index contributed by atoms with van der Waals surface area (Å²) in [4.78, 5) is 14.6. The van der Waals surface area contributed by atoms with E-state index >= 15 is 0 Å². The van der Waals surface area contributed by atoms with Gasteiger partial charge in [-0.2, -0.15) is 0 Å². The summed E-state index contributed by atoms with van der Waals surface area (Å²) < 4.78 is 5.28. The summed E-state index contributed by atoms with van der Waals surface area (Å²) in [5.74, 6) is -0.573. The van der Waals surface area contributed by atoms with Crippen LogP contribution in [0, 0.1) is 0 Å². The molecule has 4 rings (SSSR count). The number of hydrogen-bond donors (Lipinski definition) is 3. The SMILES string of the molecule is COc1cc2c(CCCCC3CC(c4ccccc4)=CCN3)c[nH]c2cc1C(=O)O. The van der Waals surface area contributed by atoms with Gasteiger partial charge in [0.25, 0.3) is 0 Å². The van der Waals surface area contributed by atoms with Gasteiger partial charge >= 0.3 is 5.97 Å². The third-order valence-electron chi connectivity index (χ3n) is 5.93.